The number of benzene rings is 2. The first-order chi connectivity index (χ1) is 14.0. The molecule has 1 aliphatic rings. The molecule has 2 aromatic carbocycles. The van der Waals surface area contributed by atoms with Crippen LogP contribution in [0.5, 0.6) is 11.5 Å². The minimum Gasteiger partial charge on any atom is -0.493 e. The second-order valence-electron chi connectivity index (χ2n) is 6.10. The molecule has 0 aliphatic carbocycles. The highest BCUT2D eigenvalue weighted by molar-refractivity contribution is 8.15. The van der Waals surface area contributed by atoms with Gasteiger partial charge in [-0.1, -0.05) is 23.9 Å². The number of carbonyl (C=O) groups is 2. The van der Waals surface area contributed by atoms with Crippen molar-refractivity contribution in [2.24, 2.45) is 10.2 Å². The number of hydrogen-bond donors (Lipinski definition) is 2. The maximum Gasteiger partial charge on any atom is 0.262 e. The molecule has 1 fully saturated rings. The van der Waals surface area contributed by atoms with Gasteiger partial charge in [-0.15, -0.1) is 5.10 Å². The smallest absolute Gasteiger partial charge is 0.262 e. The van der Waals surface area contributed by atoms with Crippen LogP contribution in [-0.4, -0.2) is 42.7 Å². The summed E-state index contributed by atoms with van der Waals surface area (Å²) in [5, 5.41) is 13.8. The molecule has 9 heteroatoms. The third-order valence-electron chi connectivity index (χ3n) is 3.79. The molecule has 0 bridgehead atoms. The van der Waals surface area contributed by atoms with Crippen LogP contribution < -0.4 is 20.1 Å². The van der Waals surface area contributed by atoms with Crippen LogP contribution in [0.25, 0.3) is 0 Å². The van der Waals surface area contributed by atoms with Crippen LogP contribution in [0.2, 0.25) is 0 Å². The lowest BCUT2D eigenvalue weighted by molar-refractivity contribution is -0.118. The van der Waals surface area contributed by atoms with E-state index in [1.807, 2.05) is 31.2 Å². The zero-order chi connectivity index (χ0) is 20.6. The van der Waals surface area contributed by atoms with Gasteiger partial charge < -0.3 is 20.1 Å². The fourth-order valence-corrected chi connectivity index (χ4v) is 3.10. The summed E-state index contributed by atoms with van der Waals surface area (Å²) in [5.74, 6) is 0.905. The molecule has 8 nitrogen and oxygen atoms in total. The van der Waals surface area contributed by atoms with Gasteiger partial charge in [-0.05, 0) is 48.4 Å². The molecule has 2 N–H and O–H groups in total. The van der Waals surface area contributed by atoms with E-state index >= 15 is 0 Å². The van der Waals surface area contributed by atoms with Crippen LogP contribution in [0, 0.1) is 6.92 Å². The lowest BCUT2D eigenvalue weighted by Crippen LogP contribution is -2.20. The number of nitrogens with zero attached hydrogens (tertiary/aromatic N) is 2. The van der Waals surface area contributed by atoms with Crippen molar-refractivity contribution >= 4 is 40.6 Å². The average Bonchev–Trinajstić information content (AvgIpc) is 3.12. The Balaban J connectivity index is 1.58. The van der Waals surface area contributed by atoms with Gasteiger partial charge in [0.2, 0.25) is 5.91 Å². The standard InChI is InChI=1S/C20H20N4O4S/c1-13-4-3-5-15(8-13)22-18(25)11-28-16-7-6-14(9-17(16)27-2)10-21-24-20-23-19(26)12-29-20/h3-10H,11-12H2,1-2H3,(H,22,25)(H,23,24,26). The highest BCUT2D eigenvalue weighted by Gasteiger charge is 2.16. The van der Waals surface area contributed by atoms with Crippen molar-refractivity contribution in [2.75, 3.05) is 24.8 Å². The molecule has 150 valence electrons. The highest BCUT2D eigenvalue weighted by atomic mass is 32.2. The maximum absolute atomic E-state index is 12.1. The molecule has 1 heterocycles. The van der Waals surface area contributed by atoms with E-state index in [4.69, 9.17) is 9.47 Å². The Morgan fingerprint density at radius 3 is 2.86 bits per heavy atom. The van der Waals surface area contributed by atoms with Gasteiger partial charge in [0.05, 0.1) is 19.1 Å². The molecule has 0 atom stereocenters. The van der Waals surface area contributed by atoms with E-state index in [9.17, 15) is 9.59 Å². The number of anilines is 1. The lowest BCUT2D eigenvalue weighted by atomic mass is 10.2. The molecule has 29 heavy (non-hydrogen) atoms. The number of hydrogen-bond acceptors (Lipinski definition) is 7. The molecule has 0 saturated carbocycles. The molecule has 2 aromatic rings. The first-order valence-electron chi connectivity index (χ1n) is 8.74. The Labute approximate surface area is 172 Å². The van der Waals surface area contributed by atoms with Crippen molar-refractivity contribution in [3.05, 3.63) is 53.6 Å². The van der Waals surface area contributed by atoms with Crippen LogP contribution in [0.3, 0.4) is 0 Å². The van der Waals surface area contributed by atoms with Gasteiger partial charge >= 0.3 is 0 Å². The van der Waals surface area contributed by atoms with E-state index < -0.39 is 0 Å². The second kappa shape index (κ2) is 9.74. The Morgan fingerprint density at radius 1 is 1.28 bits per heavy atom. The van der Waals surface area contributed by atoms with E-state index in [0.717, 1.165) is 16.8 Å². The zero-order valence-corrected chi connectivity index (χ0v) is 16.8. The number of amidine groups is 1. The van der Waals surface area contributed by atoms with Crippen molar-refractivity contribution in [2.45, 2.75) is 6.92 Å². The van der Waals surface area contributed by atoms with Crippen molar-refractivity contribution in [3.8, 4) is 11.5 Å². The molecule has 0 unspecified atom stereocenters. The quantitative estimate of drug-likeness (QED) is 0.538. The fraction of sp³-hybridized carbons (Fsp3) is 0.200. The van der Waals surface area contributed by atoms with Gasteiger partial charge in [-0.25, -0.2) is 0 Å². The summed E-state index contributed by atoms with van der Waals surface area (Å²) in [5.41, 5.74) is 2.51. The molecule has 3 rings (SSSR count). The summed E-state index contributed by atoms with van der Waals surface area (Å²) < 4.78 is 10.9. The Bertz CT molecular complexity index is 975. The molecular weight excluding hydrogens is 392 g/mol. The van der Waals surface area contributed by atoms with Crippen molar-refractivity contribution in [1.29, 1.82) is 0 Å². The first kappa shape index (κ1) is 20.4. The number of nitrogens with one attached hydrogen (secondary N) is 2. The number of aryl methyl sites for hydroxylation is 1. The van der Waals surface area contributed by atoms with E-state index in [2.05, 4.69) is 20.8 Å². The summed E-state index contributed by atoms with van der Waals surface area (Å²) in [7, 11) is 1.51. The fourth-order valence-electron chi connectivity index (χ4n) is 2.47. The van der Waals surface area contributed by atoms with Crippen molar-refractivity contribution in [3.63, 3.8) is 0 Å². The monoisotopic (exact) mass is 412 g/mol. The Hall–Kier alpha value is -3.33. The first-order valence-corrected chi connectivity index (χ1v) is 9.73. The number of thioether (sulfide) groups is 1. The zero-order valence-electron chi connectivity index (χ0n) is 16.0. The summed E-state index contributed by atoms with van der Waals surface area (Å²) in [6.45, 7) is 1.80. The molecule has 0 radical (unpaired) electrons. The third kappa shape index (κ3) is 6.08. The minimum atomic E-state index is -0.268. The largest absolute Gasteiger partial charge is 0.493 e. The highest BCUT2D eigenvalue weighted by Crippen LogP contribution is 2.27. The van der Waals surface area contributed by atoms with Crippen LogP contribution >= 0.6 is 11.8 Å². The number of methoxy groups -OCH3 is 1. The normalized spacial score (nSPS) is 14.8. The number of amides is 2. The topological polar surface area (TPSA) is 101 Å². The van der Waals surface area contributed by atoms with Gasteiger partial charge in [-0.3, -0.25) is 9.59 Å². The van der Waals surface area contributed by atoms with Gasteiger partial charge in [0.1, 0.15) is 0 Å². The predicted octanol–water partition coefficient (Wildman–Crippen LogP) is 2.57. The Morgan fingerprint density at radius 2 is 2.14 bits per heavy atom. The van der Waals surface area contributed by atoms with E-state index in [1.54, 1.807) is 18.2 Å². The lowest BCUT2D eigenvalue weighted by Gasteiger charge is -2.11. The van der Waals surface area contributed by atoms with Gasteiger partial charge in [0, 0.05) is 5.69 Å². The maximum atomic E-state index is 12.1. The van der Waals surface area contributed by atoms with Gasteiger partial charge in [-0.2, -0.15) is 5.10 Å². The summed E-state index contributed by atoms with van der Waals surface area (Å²) >= 11 is 1.30. The van der Waals surface area contributed by atoms with Crippen molar-refractivity contribution < 1.29 is 19.1 Å². The van der Waals surface area contributed by atoms with Gasteiger partial charge in [0.25, 0.3) is 5.91 Å². The number of carbonyl (C=O) groups excluding carboxylic acids is 2. The SMILES string of the molecule is COc1cc(C=NN=C2NC(=O)CS2)ccc1OCC(=O)Nc1cccc(C)c1. The number of rotatable bonds is 7. The number of ether oxygens (including phenoxy) is 2. The molecule has 1 saturated heterocycles. The predicted molar refractivity (Wildman–Crippen MR) is 114 cm³/mol. The average molecular weight is 412 g/mol. The molecule has 2 amide bonds. The molecular formula is C20H20N4O4S. The van der Waals surface area contributed by atoms with E-state index in [1.165, 1.54) is 25.1 Å². The van der Waals surface area contributed by atoms with Crippen LogP contribution in [0.4, 0.5) is 5.69 Å². The van der Waals surface area contributed by atoms with Crippen LogP contribution in [0.1, 0.15) is 11.1 Å². The second-order valence-corrected chi connectivity index (χ2v) is 7.07. The van der Waals surface area contributed by atoms with Crippen molar-refractivity contribution in [1.82, 2.24) is 5.32 Å². The summed E-state index contributed by atoms with van der Waals surface area (Å²) in [6.07, 6.45) is 1.54. The minimum absolute atomic E-state index is 0.0847. The van der Waals surface area contributed by atoms with E-state index in [0.29, 0.717) is 22.4 Å². The summed E-state index contributed by atoms with van der Waals surface area (Å²) in [6, 6.07) is 12.7. The van der Waals surface area contributed by atoms with E-state index in [-0.39, 0.29) is 18.4 Å². The third-order valence-corrected chi connectivity index (χ3v) is 4.65. The van der Waals surface area contributed by atoms with Crippen LogP contribution in [-0.2, 0) is 9.59 Å². The van der Waals surface area contributed by atoms with Gasteiger partial charge in [0.15, 0.2) is 23.3 Å². The molecule has 1 aliphatic heterocycles. The Kier molecular flexibility index (Phi) is 6.85. The van der Waals surface area contributed by atoms with Crippen LogP contribution in [0.15, 0.2) is 52.7 Å². The molecule has 0 spiro atoms. The summed E-state index contributed by atoms with van der Waals surface area (Å²) in [4.78, 5) is 23.2. The molecule has 0 aromatic heterocycles.